The number of benzene rings is 3. The zero-order valence-electron chi connectivity index (χ0n) is 21.1. The third kappa shape index (κ3) is 7.91. The van der Waals surface area contributed by atoms with Crippen molar-refractivity contribution in [3.63, 3.8) is 0 Å². The number of halogens is 1. The van der Waals surface area contributed by atoms with E-state index in [1.54, 1.807) is 36.4 Å². The number of nitrogens with one attached hydrogen (secondary N) is 2. The van der Waals surface area contributed by atoms with E-state index in [1.807, 2.05) is 0 Å². The minimum Gasteiger partial charge on any atom is -0.508 e. The molecule has 202 valence electrons. The summed E-state index contributed by atoms with van der Waals surface area (Å²) in [6.07, 6.45) is 2.56. The van der Waals surface area contributed by atoms with Gasteiger partial charge in [-0.3, -0.25) is 19.2 Å². The fourth-order valence-corrected chi connectivity index (χ4v) is 3.59. The lowest BCUT2D eigenvalue weighted by Crippen LogP contribution is -2.52. The molecule has 0 radical (unpaired) electrons. The molecule has 3 aromatic carbocycles. The van der Waals surface area contributed by atoms with Gasteiger partial charge in [-0.05, 0) is 66.6 Å². The first-order chi connectivity index (χ1) is 18.6. The maximum atomic E-state index is 13.3. The van der Waals surface area contributed by atoms with Crippen LogP contribution in [0.4, 0.5) is 0 Å². The summed E-state index contributed by atoms with van der Waals surface area (Å²) in [5.74, 6) is -2.83. The summed E-state index contributed by atoms with van der Waals surface area (Å²) in [6, 6.07) is 15.8. The highest BCUT2D eigenvalue weighted by atomic mass is 35.5. The summed E-state index contributed by atoms with van der Waals surface area (Å²) in [6.45, 7) is 1.41. The van der Waals surface area contributed by atoms with Crippen LogP contribution in [0.2, 0.25) is 5.02 Å². The van der Waals surface area contributed by atoms with Gasteiger partial charge in [0.2, 0.25) is 0 Å². The number of carboxylic acids is 1. The first kappa shape index (κ1) is 28.9. The predicted molar refractivity (Wildman–Crippen MR) is 144 cm³/mol. The number of carbonyl (C=O) groups excluding carboxylic acids is 3. The molecule has 0 aliphatic rings. The molecule has 4 N–H and O–H groups in total. The van der Waals surface area contributed by atoms with Gasteiger partial charge in [0.25, 0.3) is 17.7 Å². The van der Waals surface area contributed by atoms with Crippen molar-refractivity contribution in [3.8, 4) is 11.5 Å². The van der Waals surface area contributed by atoms with E-state index in [2.05, 4.69) is 10.7 Å². The van der Waals surface area contributed by atoms with Gasteiger partial charge in [0.1, 0.15) is 17.5 Å². The standard InChI is InChI=1S/C28H26ClN3O7/c1-17(28(37)38)31-32(25(34)13-8-18-6-10-22(39-2)11-7-18)27(36)23-12-9-20(15-24(23)29)26(35)30-16-19-4-3-5-21(33)14-19/h3-15,17,31,33H,16H2,1-2H3,(H,30,35)(H,37,38)/t17-/m0/s1. The number of rotatable bonds is 10. The van der Waals surface area contributed by atoms with Gasteiger partial charge in [-0.1, -0.05) is 35.9 Å². The number of aliphatic carboxylic acids is 1. The van der Waals surface area contributed by atoms with Crippen molar-refractivity contribution in [2.75, 3.05) is 7.11 Å². The van der Waals surface area contributed by atoms with Gasteiger partial charge in [0.05, 0.1) is 17.7 Å². The number of methoxy groups -OCH3 is 1. The number of amides is 3. The summed E-state index contributed by atoms with van der Waals surface area (Å²) in [7, 11) is 1.52. The van der Waals surface area contributed by atoms with Crippen LogP contribution in [0.3, 0.4) is 0 Å². The Morgan fingerprint density at radius 1 is 1.05 bits per heavy atom. The molecule has 11 heteroatoms. The number of phenols is 1. The van der Waals surface area contributed by atoms with Crippen LogP contribution < -0.4 is 15.5 Å². The van der Waals surface area contributed by atoms with Crippen molar-refractivity contribution in [1.29, 1.82) is 0 Å². The number of hydrogen-bond donors (Lipinski definition) is 4. The summed E-state index contributed by atoms with van der Waals surface area (Å²) < 4.78 is 5.10. The SMILES string of the molecule is COc1ccc(C=CC(=O)N(N[C@@H](C)C(=O)O)C(=O)c2ccc(C(=O)NCc3cccc(O)c3)cc2Cl)cc1. The van der Waals surface area contributed by atoms with Crippen molar-refractivity contribution >= 4 is 41.4 Å². The summed E-state index contributed by atoms with van der Waals surface area (Å²) in [5, 5.41) is 22.0. The number of imide groups is 1. The molecule has 3 aromatic rings. The average Bonchev–Trinajstić information content (AvgIpc) is 2.93. The number of carbonyl (C=O) groups is 4. The van der Waals surface area contributed by atoms with Gasteiger partial charge in [-0.15, -0.1) is 0 Å². The van der Waals surface area contributed by atoms with Crippen LogP contribution >= 0.6 is 11.6 Å². The number of phenolic OH excluding ortho intramolecular Hbond substituents is 1. The lowest BCUT2D eigenvalue weighted by molar-refractivity contribution is -0.141. The molecule has 0 aliphatic carbocycles. The van der Waals surface area contributed by atoms with Crippen LogP contribution in [0.5, 0.6) is 11.5 Å². The van der Waals surface area contributed by atoms with Gasteiger partial charge in [-0.2, -0.15) is 0 Å². The molecule has 0 spiro atoms. The Balaban J connectivity index is 1.79. The summed E-state index contributed by atoms with van der Waals surface area (Å²) in [5.41, 5.74) is 3.73. The van der Waals surface area contributed by atoms with Crippen LogP contribution in [-0.4, -0.2) is 52.1 Å². The number of hydrazine groups is 1. The van der Waals surface area contributed by atoms with E-state index in [1.165, 1.54) is 50.4 Å². The van der Waals surface area contributed by atoms with Crippen molar-refractivity contribution in [1.82, 2.24) is 15.8 Å². The quantitative estimate of drug-likeness (QED) is 0.221. The Hall–Kier alpha value is -4.67. The maximum Gasteiger partial charge on any atom is 0.322 e. The summed E-state index contributed by atoms with van der Waals surface area (Å²) >= 11 is 6.31. The Bertz CT molecular complexity index is 1410. The second kappa shape index (κ2) is 13.2. The first-order valence-electron chi connectivity index (χ1n) is 11.6. The minimum absolute atomic E-state index is 0.0661. The molecule has 10 nitrogen and oxygen atoms in total. The Morgan fingerprint density at radius 2 is 1.77 bits per heavy atom. The topological polar surface area (TPSA) is 145 Å². The smallest absolute Gasteiger partial charge is 0.322 e. The number of nitrogens with zero attached hydrogens (tertiary/aromatic N) is 1. The van der Waals surface area contributed by atoms with Gasteiger partial charge in [0, 0.05) is 18.2 Å². The number of aromatic hydroxyl groups is 1. The lowest BCUT2D eigenvalue weighted by Gasteiger charge is -2.23. The van der Waals surface area contributed by atoms with E-state index in [4.69, 9.17) is 16.3 Å². The fraction of sp³-hybridized carbons (Fsp3) is 0.143. The molecule has 0 saturated heterocycles. The van der Waals surface area contributed by atoms with Crippen LogP contribution in [0.1, 0.15) is 38.8 Å². The molecule has 3 amide bonds. The van der Waals surface area contributed by atoms with E-state index in [0.29, 0.717) is 21.9 Å². The van der Waals surface area contributed by atoms with E-state index in [9.17, 15) is 29.4 Å². The van der Waals surface area contributed by atoms with Crippen molar-refractivity contribution in [2.24, 2.45) is 0 Å². The molecule has 0 bridgehead atoms. The first-order valence-corrected chi connectivity index (χ1v) is 12.0. The number of carboxylic acid groups (broad SMARTS) is 1. The highest BCUT2D eigenvalue weighted by molar-refractivity contribution is 6.34. The van der Waals surface area contributed by atoms with Crippen LogP contribution in [0.15, 0.2) is 72.8 Å². The Labute approximate surface area is 229 Å². The van der Waals surface area contributed by atoms with E-state index in [0.717, 1.165) is 6.08 Å². The molecule has 39 heavy (non-hydrogen) atoms. The number of hydrogen-bond acceptors (Lipinski definition) is 7. The zero-order valence-corrected chi connectivity index (χ0v) is 21.8. The van der Waals surface area contributed by atoms with Crippen LogP contribution in [0.25, 0.3) is 6.08 Å². The molecule has 1 atom stereocenters. The second-order valence-corrected chi connectivity index (χ2v) is 8.73. The third-order valence-corrected chi connectivity index (χ3v) is 5.79. The van der Waals surface area contributed by atoms with E-state index in [-0.39, 0.29) is 28.4 Å². The summed E-state index contributed by atoms with van der Waals surface area (Å²) in [4.78, 5) is 50.2. The molecule has 0 aromatic heterocycles. The zero-order chi connectivity index (χ0) is 28.5. The van der Waals surface area contributed by atoms with E-state index < -0.39 is 29.7 Å². The third-order valence-electron chi connectivity index (χ3n) is 5.48. The van der Waals surface area contributed by atoms with Gasteiger partial charge in [-0.25, -0.2) is 10.4 Å². The van der Waals surface area contributed by atoms with Crippen molar-refractivity contribution < 1.29 is 34.1 Å². The molecular weight excluding hydrogens is 526 g/mol. The van der Waals surface area contributed by atoms with Gasteiger partial charge < -0.3 is 20.3 Å². The monoisotopic (exact) mass is 551 g/mol. The Kier molecular flexibility index (Phi) is 9.80. The fourth-order valence-electron chi connectivity index (χ4n) is 3.33. The molecule has 0 fully saturated rings. The molecule has 0 unspecified atom stereocenters. The highest BCUT2D eigenvalue weighted by Gasteiger charge is 2.27. The maximum absolute atomic E-state index is 13.3. The van der Waals surface area contributed by atoms with Crippen LogP contribution in [0, 0.1) is 0 Å². The molecular formula is C28H26ClN3O7. The minimum atomic E-state index is -1.29. The second-order valence-electron chi connectivity index (χ2n) is 8.32. The predicted octanol–water partition coefficient (Wildman–Crippen LogP) is 3.64. The van der Waals surface area contributed by atoms with Gasteiger partial charge >= 0.3 is 5.97 Å². The molecule has 0 aliphatic heterocycles. The lowest BCUT2D eigenvalue weighted by atomic mass is 10.1. The van der Waals surface area contributed by atoms with Crippen molar-refractivity contribution in [3.05, 3.63) is 100 Å². The van der Waals surface area contributed by atoms with E-state index >= 15 is 0 Å². The van der Waals surface area contributed by atoms with Gasteiger partial charge in [0.15, 0.2) is 0 Å². The molecule has 0 heterocycles. The Morgan fingerprint density at radius 3 is 2.38 bits per heavy atom. The normalized spacial score (nSPS) is 11.6. The van der Waals surface area contributed by atoms with Crippen LogP contribution in [-0.2, 0) is 16.1 Å². The average molecular weight is 552 g/mol. The van der Waals surface area contributed by atoms with Crippen molar-refractivity contribution in [2.45, 2.75) is 19.5 Å². The number of ether oxygens (including phenoxy) is 1. The molecule has 0 saturated carbocycles. The highest BCUT2D eigenvalue weighted by Crippen LogP contribution is 2.21. The largest absolute Gasteiger partial charge is 0.508 e. The molecule has 3 rings (SSSR count).